The topological polar surface area (TPSA) is 81.5 Å². The van der Waals surface area contributed by atoms with Crippen LogP contribution in [0.25, 0.3) is 0 Å². The van der Waals surface area contributed by atoms with Crippen molar-refractivity contribution in [2.75, 3.05) is 12.9 Å². The SMILES string of the molecule is COc1ccc(C(=O)NC2CCSc3ccc(F)cc32)cc1[N+](=O)[O-]. The van der Waals surface area contributed by atoms with Gasteiger partial charge in [0.05, 0.1) is 18.1 Å². The minimum atomic E-state index is -0.600. The van der Waals surface area contributed by atoms with E-state index in [9.17, 15) is 19.3 Å². The number of nitro benzene ring substituents is 1. The lowest BCUT2D eigenvalue weighted by molar-refractivity contribution is -0.385. The van der Waals surface area contributed by atoms with Crippen molar-refractivity contribution < 1.29 is 18.8 Å². The van der Waals surface area contributed by atoms with Gasteiger partial charge >= 0.3 is 5.69 Å². The summed E-state index contributed by atoms with van der Waals surface area (Å²) < 4.78 is 18.5. The maximum absolute atomic E-state index is 13.5. The highest BCUT2D eigenvalue weighted by molar-refractivity contribution is 7.99. The third kappa shape index (κ3) is 3.58. The molecule has 3 rings (SSSR count). The van der Waals surface area contributed by atoms with E-state index in [-0.39, 0.29) is 28.9 Å². The lowest BCUT2D eigenvalue weighted by Crippen LogP contribution is -2.30. The summed E-state index contributed by atoms with van der Waals surface area (Å²) >= 11 is 1.61. The lowest BCUT2D eigenvalue weighted by atomic mass is 10.0. The molecule has 0 saturated carbocycles. The first-order valence-corrected chi connectivity index (χ1v) is 8.53. The fourth-order valence-corrected chi connectivity index (χ4v) is 3.84. The van der Waals surface area contributed by atoms with Gasteiger partial charge < -0.3 is 10.1 Å². The van der Waals surface area contributed by atoms with E-state index in [1.807, 2.05) is 0 Å². The van der Waals surface area contributed by atoms with Crippen LogP contribution in [-0.2, 0) is 0 Å². The van der Waals surface area contributed by atoms with Crippen molar-refractivity contribution in [1.29, 1.82) is 0 Å². The average molecular weight is 362 g/mol. The number of nitro groups is 1. The Balaban J connectivity index is 1.85. The number of ether oxygens (including phenoxy) is 1. The monoisotopic (exact) mass is 362 g/mol. The summed E-state index contributed by atoms with van der Waals surface area (Å²) in [7, 11) is 1.33. The highest BCUT2D eigenvalue weighted by Crippen LogP contribution is 2.36. The van der Waals surface area contributed by atoms with Crippen molar-refractivity contribution in [3.8, 4) is 5.75 Å². The number of amides is 1. The summed E-state index contributed by atoms with van der Waals surface area (Å²) in [6.07, 6.45) is 0.658. The second-order valence-corrected chi connectivity index (χ2v) is 6.63. The second-order valence-electron chi connectivity index (χ2n) is 5.49. The average Bonchev–Trinajstić information content (AvgIpc) is 2.61. The number of fused-ring (bicyclic) bond motifs is 1. The fraction of sp³-hybridized carbons (Fsp3) is 0.235. The van der Waals surface area contributed by atoms with E-state index in [4.69, 9.17) is 4.74 Å². The molecule has 0 aromatic heterocycles. The molecule has 2 aromatic carbocycles. The van der Waals surface area contributed by atoms with E-state index in [0.29, 0.717) is 6.42 Å². The molecule has 1 aliphatic heterocycles. The van der Waals surface area contributed by atoms with Gasteiger partial charge in [-0.3, -0.25) is 14.9 Å². The van der Waals surface area contributed by atoms with Crippen LogP contribution in [-0.4, -0.2) is 23.7 Å². The molecule has 0 bridgehead atoms. The van der Waals surface area contributed by atoms with Crippen LogP contribution in [0.5, 0.6) is 5.75 Å². The summed E-state index contributed by atoms with van der Waals surface area (Å²) in [6, 6.07) is 8.21. The van der Waals surface area contributed by atoms with Crippen molar-refractivity contribution in [1.82, 2.24) is 5.32 Å². The molecule has 8 heteroatoms. The van der Waals surface area contributed by atoms with E-state index in [2.05, 4.69) is 5.32 Å². The van der Waals surface area contributed by atoms with Crippen LogP contribution >= 0.6 is 11.8 Å². The molecule has 0 spiro atoms. The standard InChI is InChI=1S/C17H15FN2O4S/c1-24-15-4-2-10(8-14(15)20(22)23)17(21)19-13-6-7-25-16-5-3-11(18)9-12(13)16/h2-5,8-9,13H,6-7H2,1H3,(H,19,21). The predicted molar refractivity (Wildman–Crippen MR) is 91.6 cm³/mol. The lowest BCUT2D eigenvalue weighted by Gasteiger charge is -2.26. The number of halogens is 1. The molecular weight excluding hydrogens is 347 g/mol. The molecule has 0 radical (unpaired) electrons. The van der Waals surface area contributed by atoms with Gasteiger partial charge in [0.25, 0.3) is 5.91 Å². The van der Waals surface area contributed by atoms with Gasteiger partial charge in [-0.1, -0.05) is 0 Å². The first-order valence-electron chi connectivity index (χ1n) is 7.55. The van der Waals surface area contributed by atoms with Crippen molar-refractivity contribution in [3.05, 3.63) is 63.5 Å². The maximum atomic E-state index is 13.5. The number of nitrogens with one attached hydrogen (secondary N) is 1. The van der Waals surface area contributed by atoms with E-state index in [1.54, 1.807) is 17.8 Å². The van der Waals surface area contributed by atoms with Gasteiger partial charge in [0.1, 0.15) is 5.82 Å². The van der Waals surface area contributed by atoms with E-state index in [0.717, 1.165) is 16.2 Å². The number of methoxy groups -OCH3 is 1. The summed E-state index contributed by atoms with van der Waals surface area (Å²) in [5, 5.41) is 13.9. The summed E-state index contributed by atoms with van der Waals surface area (Å²) in [6.45, 7) is 0. The zero-order valence-electron chi connectivity index (χ0n) is 13.3. The molecule has 0 saturated heterocycles. The van der Waals surface area contributed by atoms with Gasteiger partial charge in [0.15, 0.2) is 5.75 Å². The Morgan fingerprint density at radius 3 is 2.88 bits per heavy atom. The number of nitrogens with zero attached hydrogens (tertiary/aromatic N) is 1. The molecule has 1 unspecified atom stereocenters. The van der Waals surface area contributed by atoms with Crippen LogP contribution in [0.2, 0.25) is 0 Å². The van der Waals surface area contributed by atoms with Gasteiger partial charge in [-0.2, -0.15) is 0 Å². The van der Waals surface area contributed by atoms with Crippen LogP contribution in [0, 0.1) is 15.9 Å². The number of benzene rings is 2. The van der Waals surface area contributed by atoms with E-state index >= 15 is 0 Å². The van der Waals surface area contributed by atoms with Gasteiger partial charge in [-0.25, -0.2) is 4.39 Å². The largest absolute Gasteiger partial charge is 0.490 e. The number of carbonyl (C=O) groups is 1. The first-order chi connectivity index (χ1) is 12.0. The molecule has 1 amide bonds. The van der Waals surface area contributed by atoms with Crippen LogP contribution in [0.4, 0.5) is 10.1 Å². The van der Waals surface area contributed by atoms with Crippen molar-refractivity contribution in [2.24, 2.45) is 0 Å². The Labute approximate surface area is 147 Å². The number of rotatable bonds is 4. The third-order valence-electron chi connectivity index (χ3n) is 3.95. The van der Waals surface area contributed by atoms with Crippen LogP contribution in [0.3, 0.4) is 0 Å². The third-order valence-corrected chi connectivity index (χ3v) is 5.08. The van der Waals surface area contributed by atoms with Crippen molar-refractivity contribution in [3.63, 3.8) is 0 Å². The fourth-order valence-electron chi connectivity index (χ4n) is 2.73. The molecule has 1 N–H and O–H groups in total. The molecule has 6 nitrogen and oxygen atoms in total. The molecule has 25 heavy (non-hydrogen) atoms. The Hall–Kier alpha value is -2.61. The quantitative estimate of drug-likeness (QED) is 0.662. The number of hydrogen-bond acceptors (Lipinski definition) is 5. The van der Waals surface area contributed by atoms with E-state index < -0.39 is 10.8 Å². The Kier molecular flexibility index (Phi) is 4.89. The summed E-state index contributed by atoms with van der Waals surface area (Å²) in [5.41, 5.74) is 0.608. The van der Waals surface area contributed by atoms with Crippen LogP contribution in [0.15, 0.2) is 41.3 Å². The minimum absolute atomic E-state index is 0.0861. The maximum Gasteiger partial charge on any atom is 0.311 e. The highest BCUT2D eigenvalue weighted by atomic mass is 32.2. The molecule has 1 heterocycles. The van der Waals surface area contributed by atoms with E-state index in [1.165, 1.54) is 37.4 Å². The molecule has 130 valence electrons. The van der Waals surface area contributed by atoms with Crippen molar-refractivity contribution >= 4 is 23.4 Å². The van der Waals surface area contributed by atoms with Gasteiger partial charge in [0.2, 0.25) is 0 Å². The first kappa shape index (κ1) is 17.2. The van der Waals surface area contributed by atoms with Crippen LogP contribution in [0.1, 0.15) is 28.4 Å². The number of thioether (sulfide) groups is 1. The van der Waals surface area contributed by atoms with Gasteiger partial charge in [0, 0.05) is 22.3 Å². The number of carbonyl (C=O) groups excluding carboxylic acids is 1. The zero-order chi connectivity index (χ0) is 18.0. The summed E-state index contributed by atoms with van der Waals surface area (Å²) in [4.78, 5) is 23.9. The highest BCUT2D eigenvalue weighted by Gasteiger charge is 2.25. The summed E-state index contributed by atoms with van der Waals surface area (Å²) in [5.74, 6) is 0.0771. The van der Waals surface area contributed by atoms with Crippen molar-refractivity contribution in [2.45, 2.75) is 17.4 Å². The molecule has 1 aliphatic rings. The molecular formula is C17H15FN2O4S. The molecule has 0 fully saturated rings. The van der Waals surface area contributed by atoms with Crippen LogP contribution < -0.4 is 10.1 Å². The van der Waals surface area contributed by atoms with Gasteiger partial charge in [-0.05, 0) is 42.3 Å². The van der Waals surface area contributed by atoms with Gasteiger partial charge in [-0.15, -0.1) is 11.8 Å². The normalized spacial score (nSPS) is 16.0. The molecule has 2 aromatic rings. The zero-order valence-corrected chi connectivity index (χ0v) is 14.1. The minimum Gasteiger partial charge on any atom is -0.490 e. The second kappa shape index (κ2) is 7.10. The Bertz CT molecular complexity index is 843. The molecule has 1 atom stereocenters. The predicted octanol–water partition coefficient (Wildman–Crippen LogP) is 3.71. The molecule has 0 aliphatic carbocycles. The Morgan fingerprint density at radius 2 is 2.16 bits per heavy atom. The Morgan fingerprint density at radius 1 is 1.36 bits per heavy atom. The number of hydrogen-bond donors (Lipinski definition) is 1. The smallest absolute Gasteiger partial charge is 0.311 e.